The number of amides is 1. The van der Waals surface area contributed by atoms with E-state index in [1.807, 2.05) is 0 Å². The van der Waals surface area contributed by atoms with Crippen LogP contribution in [0.2, 0.25) is 0 Å². The second-order valence-corrected chi connectivity index (χ2v) is 9.08. The van der Waals surface area contributed by atoms with E-state index in [1.165, 1.54) is 26.2 Å². The van der Waals surface area contributed by atoms with Gasteiger partial charge in [-0.25, -0.2) is 12.8 Å². The van der Waals surface area contributed by atoms with Crippen molar-refractivity contribution in [1.82, 2.24) is 5.32 Å². The third kappa shape index (κ3) is 6.02. The number of halogens is 4. The van der Waals surface area contributed by atoms with Crippen LogP contribution in [0.15, 0.2) is 53.4 Å². The molecule has 10 heteroatoms. The van der Waals surface area contributed by atoms with Gasteiger partial charge >= 0.3 is 6.18 Å². The van der Waals surface area contributed by atoms with E-state index in [4.69, 9.17) is 4.74 Å². The topological polar surface area (TPSA) is 72.5 Å². The quantitative estimate of drug-likeness (QED) is 0.492. The van der Waals surface area contributed by atoms with Crippen LogP contribution in [0.1, 0.15) is 30.5 Å². The van der Waals surface area contributed by atoms with Gasteiger partial charge in [-0.15, -0.1) is 0 Å². The van der Waals surface area contributed by atoms with Crippen molar-refractivity contribution in [3.05, 3.63) is 65.5 Å². The summed E-state index contributed by atoms with van der Waals surface area (Å²) in [6.45, 7) is 1.22. The Morgan fingerprint density at radius 1 is 1.13 bits per heavy atom. The number of methoxy groups -OCH3 is 1. The molecule has 2 rings (SSSR count). The van der Waals surface area contributed by atoms with E-state index in [-0.39, 0.29) is 17.1 Å². The van der Waals surface area contributed by atoms with Crippen molar-refractivity contribution in [1.29, 1.82) is 0 Å². The van der Waals surface area contributed by atoms with Gasteiger partial charge in [-0.3, -0.25) is 4.79 Å². The van der Waals surface area contributed by atoms with E-state index < -0.39 is 51.0 Å². The summed E-state index contributed by atoms with van der Waals surface area (Å²) < 4.78 is 82.0. The average molecular weight is 447 g/mol. The van der Waals surface area contributed by atoms with E-state index in [1.54, 1.807) is 0 Å². The molecule has 0 fully saturated rings. The summed E-state index contributed by atoms with van der Waals surface area (Å²) in [6.07, 6.45) is -4.98. The van der Waals surface area contributed by atoms with Crippen molar-refractivity contribution in [3.8, 4) is 0 Å². The Morgan fingerprint density at radius 2 is 1.77 bits per heavy atom. The number of sulfone groups is 1. The molecule has 0 bridgehead atoms. The molecule has 0 aliphatic rings. The van der Waals surface area contributed by atoms with Crippen LogP contribution in [0.5, 0.6) is 0 Å². The van der Waals surface area contributed by atoms with Crippen LogP contribution < -0.4 is 5.32 Å². The minimum Gasteiger partial charge on any atom is -0.382 e. The first-order chi connectivity index (χ1) is 13.9. The zero-order chi connectivity index (χ0) is 22.5. The van der Waals surface area contributed by atoms with Crippen molar-refractivity contribution in [2.45, 2.75) is 35.7 Å². The predicted octanol–water partition coefficient (Wildman–Crippen LogP) is 3.90. The Morgan fingerprint density at radius 3 is 2.33 bits per heavy atom. The molecule has 0 radical (unpaired) electrons. The smallest absolute Gasteiger partial charge is 0.382 e. The van der Waals surface area contributed by atoms with Gasteiger partial charge in [-0.2, -0.15) is 13.2 Å². The summed E-state index contributed by atoms with van der Waals surface area (Å²) >= 11 is 0. The summed E-state index contributed by atoms with van der Waals surface area (Å²) in [4.78, 5) is 12.3. The highest BCUT2D eigenvalue weighted by atomic mass is 32.2. The highest BCUT2D eigenvalue weighted by molar-refractivity contribution is 7.92. The number of ether oxygens (including phenoxy) is 1. The summed E-state index contributed by atoms with van der Waals surface area (Å²) in [5, 5.41) is 1.39. The maximum Gasteiger partial charge on any atom is 0.416 e. The van der Waals surface area contributed by atoms with E-state index in [2.05, 4.69) is 5.32 Å². The highest BCUT2D eigenvalue weighted by Crippen LogP contribution is 2.31. The summed E-state index contributed by atoms with van der Waals surface area (Å²) in [5.41, 5.74) is -0.698. The lowest BCUT2D eigenvalue weighted by Gasteiger charge is -2.21. The first kappa shape index (κ1) is 23.8. The maximum atomic E-state index is 13.0. The van der Waals surface area contributed by atoms with E-state index in [0.29, 0.717) is 0 Å². The number of carbonyl (C=O) groups excluding carboxylic acids is 1. The molecule has 0 spiro atoms. The molecule has 0 heterocycles. The lowest BCUT2D eigenvalue weighted by Crippen LogP contribution is -2.34. The average Bonchev–Trinajstić information content (AvgIpc) is 2.67. The minimum atomic E-state index is -4.55. The first-order valence-electron chi connectivity index (χ1n) is 8.90. The standard InChI is InChI=1S/C20H21F4NO4S/c1-13(30(27,28)17-8-6-16(21)7-9-17)10-19(26)25-18(12-29-2)14-4-3-5-15(11-14)20(22,23)24/h3-9,11,13,18H,10,12H2,1-2H3,(H,25,26). The fourth-order valence-corrected chi connectivity index (χ4v) is 4.15. The second kappa shape index (κ2) is 9.57. The lowest BCUT2D eigenvalue weighted by atomic mass is 10.0. The summed E-state index contributed by atoms with van der Waals surface area (Å²) in [5.74, 6) is -1.27. The molecular formula is C20H21F4NO4S. The van der Waals surface area contributed by atoms with Gasteiger partial charge in [0.2, 0.25) is 5.91 Å². The summed E-state index contributed by atoms with van der Waals surface area (Å²) in [7, 11) is -2.57. The van der Waals surface area contributed by atoms with E-state index in [0.717, 1.165) is 36.4 Å². The molecule has 0 aliphatic carbocycles. The summed E-state index contributed by atoms with van der Waals surface area (Å²) in [6, 6.07) is 7.77. The molecule has 2 aromatic rings. The van der Waals surface area contributed by atoms with E-state index in [9.17, 15) is 30.8 Å². The van der Waals surface area contributed by atoms with Gasteiger partial charge in [0.05, 0.1) is 28.4 Å². The number of nitrogens with one attached hydrogen (secondary N) is 1. The Hall–Kier alpha value is -2.46. The molecule has 0 aromatic heterocycles. The molecule has 164 valence electrons. The largest absolute Gasteiger partial charge is 0.416 e. The Balaban J connectivity index is 2.14. The zero-order valence-corrected chi connectivity index (χ0v) is 17.1. The maximum absolute atomic E-state index is 13.0. The fourth-order valence-electron chi connectivity index (χ4n) is 2.80. The molecule has 1 N–H and O–H groups in total. The molecule has 0 aliphatic heterocycles. The lowest BCUT2D eigenvalue weighted by molar-refractivity contribution is -0.137. The van der Waals surface area contributed by atoms with Crippen molar-refractivity contribution in [2.75, 3.05) is 13.7 Å². The highest BCUT2D eigenvalue weighted by Gasteiger charge is 2.31. The van der Waals surface area contributed by atoms with Crippen LogP contribution in [-0.2, 0) is 25.5 Å². The number of benzene rings is 2. The predicted molar refractivity (Wildman–Crippen MR) is 102 cm³/mol. The van der Waals surface area contributed by atoms with Crippen molar-refractivity contribution in [3.63, 3.8) is 0 Å². The third-order valence-corrected chi connectivity index (χ3v) is 6.58. The van der Waals surface area contributed by atoms with Crippen LogP contribution >= 0.6 is 0 Å². The molecule has 5 nitrogen and oxygen atoms in total. The first-order valence-corrected chi connectivity index (χ1v) is 10.4. The van der Waals surface area contributed by atoms with Gasteiger partial charge in [0.25, 0.3) is 0 Å². The zero-order valence-electron chi connectivity index (χ0n) is 16.2. The fraction of sp³-hybridized carbons (Fsp3) is 0.350. The Labute approximate surface area is 172 Å². The minimum absolute atomic E-state index is 0.105. The Bertz CT molecular complexity index is 975. The van der Waals surface area contributed by atoms with Crippen LogP contribution in [0.4, 0.5) is 17.6 Å². The van der Waals surface area contributed by atoms with Gasteiger partial charge in [0, 0.05) is 13.5 Å². The number of hydrogen-bond acceptors (Lipinski definition) is 4. The monoisotopic (exact) mass is 447 g/mol. The number of rotatable bonds is 8. The molecular weight excluding hydrogens is 426 g/mol. The van der Waals surface area contributed by atoms with Crippen LogP contribution in [0.25, 0.3) is 0 Å². The van der Waals surface area contributed by atoms with Crippen molar-refractivity contribution in [2.24, 2.45) is 0 Å². The van der Waals surface area contributed by atoms with Gasteiger partial charge < -0.3 is 10.1 Å². The molecule has 0 saturated heterocycles. The number of hydrogen-bond donors (Lipinski definition) is 1. The molecule has 0 saturated carbocycles. The van der Waals surface area contributed by atoms with Crippen LogP contribution in [-0.4, -0.2) is 33.3 Å². The molecule has 2 aromatic carbocycles. The normalized spacial score (nSPS) is 14.2. The molecule has 30 heavy (non-hydrogen) atoms. The van der Waals surface area contributed by atoms with E-state index >= 15 is 0 Å². The van der Waals surface area contributed by atoms with Gasteiger partial charge in [0.1, 0.15) is 5.82 Å². The SMILES string of the molecule is COCC(NC(=O)CC(C)S(=O)(=O)c1ccc(F)cc1)c1cccc(C(F)(F)F)c1. The third-order valence-electron chi connectivity index (χ3n) is 4.43. The van der Waals surface area contributed by atoms with Crippen molar-refractivity contribution >= 4 is 15.7 Å². The van der Waals surface area contributed by atoms with Crippen LogP contribution in [0, 0.1) is 5.82 Å². The van der Waals surface area contributed by atoms with Gasteiger partial charge in [-0.05, 0) is 48.9 Å². The molecule has 2 atom stereocenters. The Kier molecular flexibility index (Phi) is 7.59. The van der Waals surface area contributed by atoms with Crippen LogP contribution in [0.3, 0.4) is 0 Å². The van der Waals surface area contributed by atoms with Gasteiger partial charge in [0.15, 0.2) is 9.84 Å². The molecule has 2 unspecified atom stereocenters. The molecule has 1 amide bonds. The van der Waals surface area contributed by atoms with Crippen molar-refractivity contribution < 1.29 is 35.5 Å². The number of carbonyl (C=O) groups is 1. The van der Waals surface area contributed by atoms with Gasteiger partial charge in [-0.1, -0.05) is 12.1 Å². The number of alkyl halides is 3. The second-order valence-electron chi connectivity index (χ2n) is 6.71.